The highest BCUT2D eigenvalue weighted by molar-refractivity contribution is 7.92. The summed E-state index contributed by atoms with van der Waals surface area (Å²) >= 11 is 0. The van der Waals surface area contributed by atoms with Crippen molar-refractivity contribution >= 4 is 15.5 Å². The zero-order valence-electron chi connectivity index (χ0n) is 19.7. The smallest absolute Gasteiger partial charge is 0.181 e. The number of ether oxygens (including phenoxy) is 2. The van der Waals surface area contributed by atoms with Crippen molar-refractivity contribution in [3.05, 3.63) is 77.4 Å². The Morgan fingerprint density at radius 2 is 1.91 bits per heavy atom. The lowest BCUT2D eigenvalue weighted by molar-refractivity contribution is 0.0406. The zero-order valence-corrected chi connectivity index (χ0v) is 20.5. The molecule has 0 aromatic heterocycles. The van der Waals surface area contributed by atoms with Crippen LogP contribution < -0.4 is 0 Å². The summed E-state index contributed by atoms with van der Waals surface area (Å²) in [6.45, 7) is 8.29. The van der Waals surface area contributed by atoms with Crippen LogP contribution in [0.4, 0.5) is 0 Å². The third kappa shape index (κ3) is 5.62. The number of rotatable bonds is 8. The molecule has 2 aliphatic heterocycles. The summed E-state index contributed by atoms with van der Waals surface area (Å²) in [6, 6.07) is 17.3. The molecule has 6 heteroatoms. The van der Waals surface area contributed by atoms with E-state index in [4.69, 9.17) is 14.5 Å². The van der Waals surface area contributed by atoms with Gasteiger partial charge in [0, 0.05) is 17.7 Å². The van der Waals surface area contributed by atoms with Crippen LogP contribution in [0.15, 0.2) is 76.1 Å². The lowest BCUT2D eigenvalue weighted by Gasteiger charge is -2.30. The van der Waals surface area contributed by atoms with Gasteiger partial charge in [-0.15, -0.1) is 0 Å². The van der Waals surface area contributed by atoms with E-state index < -0.39 is 15.1 Å². The van der Waals surface area contributed by atoms with Crippen LogP contribution in [0.1, 0.15) is 37.8 Å². The van der Waals surface area contributed by atoms with Crippen LogP contribution in [-0.4, -0.2) is 45.2 Å². The highest BCUT2D eigenvalue weighted by atomic mass is 32.2. The van der Waals surface area contributed by atoms with Gasteiger partial charge in [-0.25, -0.2) is 8.42 Å². The zero-order chi connectivity index (χ0) is 23.5. The predicted octanol–water partition coefficient (Wildman–Crippen LogP) is 4.94. The van der Waals surface area contributed by atoms with Crippen molar-refractivity contribution in [2.24, 2.45) is 10.4 Å². The van der Waals surface area contributed by atoms with Gasteiger partial charge in [0.05, 0.1) is 36.0 Å². The quantitative estimate of drug-likeness (QED) is 0.552. The molecular weight excluding hydrogens is 434 g/mol. The molecule has 0 bridgehead atoms. The molecule has 2 atom stereocenters. The van der Waals surface area contributed by atoms with Gasteiger partial charge in [-0.05, 0) is 54.7 Å². The average molecular weight is 468 g/mol. The molecule has 1 fully saturated rings. The number of nitrogens with zero attached hydrogens (tertiary/aromatic N) is 1. The van der Waals surface area contributed by atoms with Crippen molar-refractivity contribution in [1.29, 1.82) is 0 Å². The summed E-state index contributed by atoms with van der Waals surface area (Å²) in [5, 5.41) is -0.440. The predicted molar refractivity (Wildman–Crippen MR) is 131 cm³/mol. The third-order valence-electron chi connectivity index (χ3n) is 6.43. The molecule has 4 rings (SSSR count). The fourth-order valence-electron chi connectivity index (χ4n) is 4.41. The Bertz CT molecular complexity index is 1140. The van der Waals surface area contributed by atoms with Crippen molar-refractivity contribution in [2.75, 3.05) is 19.8 Å². The second-order valence-electron chi connectivity index (χ2n) is 9.65. The van der Waals surface area contributed by atoms with E-state index in [1.807, 2.05) is 31.2 Å². The van der Waals surface area contributed by atoms with E-state index in [-0.39, 0.29) is 11.5 Å². The largest absolute Gasteiger partial charge is 0.376 e. The maximum absolute atomic E-state index is 13.2. The van der Waals surface area contributed by atoms with Gasteiger partial charge in [0.1, 0.15) is 0 Å². The maximum atomic E-state index is 13.2. The minimum Gasteiger partial charge on any atom is -0.376 e. The molecule has 176 valence electrons. The number of allylic oxidation sites excluding steroid dienone is 1. The fraction of sp³-hybridized carbons (Fsp3) is 0.444. The third-order valence-corrected chi connectivity index (χ3v) is 8.65. The van der Waals surface area contributed by atoms with E-state index in [0.29, 0.717) is 44.1 Å². The lowest BCUT2D eigenvalue weighted by Crippen LogP contribution is -2.36. The summed E-state index contributed by atoms with van der Waals surface area (Å²) in [5.74, 6) is 0. The number of hydrogen-bond acceptors (Lipinski definition) is 5. The van der Waals surface area contributed by atoms with Gasteiger partial charge in [0.25, 0.3) is 0 Å². The molecule has 0 N–H and O–H groups in total. The van der Waals surface area contributed by atoms with E-state index in [1.165, 1.54) is 0 Å². The Balaban J connectivity index is 1.39. The minimum atomic E-state index is -3.39. The Labute approximate surface area is 197 Å². The van der Waals surface area contributed by atoms with Crippen molar-refractivity contribution in [3.63, 3.8) is 0 Å². The Morgan fingerprint density at radius 3 is 2.67 bits per heavy atom. The van der Waals surface area contributed by atoms with E-state index in [0.717, 1.165) is 22.4 Å². The molecule has 1 saturated heterocycles. The van der Waals surface area contributed by atoms with Crippen LogP contribution in [0.25, 0.3) is 0 Å². The number of benzene rings is 2. The first-order valence-corrected chi connectivity index (χ1v) is 13.1. The Morgan fingerprint density at radius 1 is 1.12 bits per heavy atom. The monoisotopic (exact) mass is 467 g/mol. The lowest BCUT2D eigenvalue weighted by atomic mass is 9.87. The van der Waals surface area contributed by atoms with Crippen molar-refractivity contribution in [2.45, 2.75) is 56.5 Å². The van der Waals surface area contributed by atoms with Gasteiger partial charge in [-0.2, -0.15) is 0 Å². The van der Waals surface area contributed by atoms with Crippen molar-refractivity contribution < 1.29 is 17.9 Å². The van der Waals surface area contributed by atoms with E-state index in [2.05, 4.69) is 32.1 Å². The highest BCUT2D eigenvalue weighted by Gasteiger charge is 2.37. The van der Waals surface area contributed by atoms with Crippen molar-refractivity contribution in [1.82, 2.24) is 0 Å². The number of aliphatic imine (C=N–C) groups is 1. The van der Waals surface area contributed by atoms with Gasteiger partial charge >= 0.3 is 0 Å². The molecule has 33 heavy (non-hydrogen) atoms. The number of hydrogen-bond donors (Lipinski definition) is 0. The second kappa shape index (κ2) is 9.92. The van der Waals surface area contributed by atoms with Crippen LogP contribution in [0.2, 0.25) is 0 Å². The van der Waals surface area contributed by atoms with Gasteiger partial charge in [-0.1, -0.05) is 56.3 Å². The summed E-state index contributed by atoms with van der Waals surface area (Å²) in [6.07, 6.45) is 2.87. The summed E-state index contributed by atoms with van der Waals surface area (Å²) in [4.78, 5) is 5.17. The second-order valence-corrected chi connectivity index (χ2v) is 11.9. The normalized spacial score (nSPS) is 21.5. The van der Waals surface area contributed by atoms with Crippen LogP contribution in [0, 0.1) is 12.3 Å². The first-order valence-electron chi connectivity index (χ1n) is 11.5. The molecule has 0 amide bonds. The molecule has 2 aromatic rings. The minimum absolute atomic E-state index is 0.217. The molecular formula is C27H33NO4S. The van der Waals surface area contributed by atoms with Crippen molar-refractivity contribution in [3.8, 4) is 0 Å². The molecule has 5 nitrogen and oxygen atoms in total. The van der Waals surface area contributed by atoms with Crippen LogP contribution in [0.3, 0.4) is 0 Å². The highest BCUT2D eigenvalue weighted by Crippen LogP contribution is 2.32. The Hall–Kier alpha value is -2.28. The van der Waals surface area contributed by atoms with Gasteiger partial charge in [0.2, 0.25) is 0 Å². The molecule has 2 aromatic carbocycles. The SMILES string of the molecule is Cc1cccc(S(=O)(=O)C2CCOC(C3=CC(C(C)(C)COCc4ccccc4)=NC3)C2)c1. The number of sulfone groups is 1. The summed E-state index contributed by atoms with van der Waals surface area (Å²) in [7, 11) is -3.39. The van der Waals surface area contributed by atoms with Gasteiger partial charge < -0.3 is 9.47 Å². The van der Waals surface area contributed by atoms with E-state index in [9.17, 15) is 8.42 Å². The molecule has 0 aliphatic carbocycles. The van der Waals surface area contributed by atoms with Gasteiger partial charge in [-0.3, -0.25) is 4.99 Å². The maximum Gasteiger partial charge on any atom is 0.181 e. The average Bonchev–Trinajstić information content (AvgIpc) is 3.31. The fourth-order valence-corrected chi connectivity index (χ4v) is 6.25. The first kappa shape index (κ1) is 23.9. The first-order chi connectivity index (χ1) is 15.8. The summed E-state index contributed by atoms with van der Waals surface area (Å²) in [5.41, 5.74) is 3.91. The molecule has 2 heterocycles. The Kier molecular flexibility index (Phi) is 7.17. The van der Waals surface area contributed by atoms with Gasteiger partial charge in [0.15, 0.2) is 9.84 Å². The molecule has 0 radical (unpaired) electrons. The van der Waals surface area contributed by atoms with Crippen LogP contribution in [-0.2, 0) is 25.9 Å². The molecule has 0 spiro atoms. The number of aryl methyl sites for hydroxylation is 1. The summed E-state index contributed by atoms with van der Waals surface area (Å²) < 4.78 is 38.5. The van der Waals surface area contributed by atoms with Crippen LogP contribution >= 0.6 is 0 Å². The molecule has 2 aliphatic rings. The van der Waals surface area contributed by atoms with E-state index in [1.54, 1.807) is 18.2 Å². The molecule has 2 unspecified atom stereocenters. The van der Waals surface area contributed by atoms with E-state index >= 15 is 0 Å². The van der Waals surface area contributed by atoms with Crippen LogP contribution in [0.5, 0.6) is 0 Å². The standard InChI is InChI=1S/C27H33NO4S/c1-20-8-7-11-23(14-20)33(29,30)24-12-13-32-25(16-24)22-15-26(28-17-22)27(2,3)19-31-18-21-9-5-4-6-10-21/h4-11,14-15,24-25H,12-13,16-19H2,1-3H3. The topological polar surface area (TPSA) is 65.0 Å². The molecule has 0 saturated carbocycles.